The number of hydrogen-bond acceptors (Lipinski definition) is 4. The van der Waals surface area contributed by atoms with Gasteiger partial charge in [-0.25, -0.2) is 8.78 Å². The fourth-order valence-corrected chi connectivity index (χ4v) is 3.21. The number of hydrogen-bond donors (Lipinski definition) is 1. The zero-order chi connectivity index (χ0) is 15.4. The second kappa shape index (κ2) is 7.46. The summed E-state index contributed by atoms with van der Waals surface area (Å²) in [6.07, 6.45) is 0. The van der Waals surface area contributed by atoms with Gasteiger partial charge in [-0.15, -0.1) is 0 Å². The highest BCUT2D eigenvalue weighted by Gasteiger charge is 2.27. The fourth-order valence-electron chi connectivity index (χ4n) is 3.21. The maximum atomic E-state index is 14.3. The van der Waals surface area contributed by atoms with Crippen molar-refractivity contribution < 1.29 is 13.5 Å². The highest BCUT2D eigenvalue weighted by atomic mass is 19.1. The van der Waals surface area contributed by atoms with E-state index in [0.29, 0.717) is 18.8 Å². The second-order valence-corrected chi connectivity index (χ2v) is 5.88. The molecule has 3 rings (SSSR count). The summed E-state index contributed by atoms with van der Waals surface area (Å²) in [5.74, 6) is -0.706. The molecule has 2 fully saturated rings. The lowest BCUT2D eigenvalue weighted by atomic mass is 10.0. The number of piperazine rings is 1. The number of morpholine rings is 1. The van der Waals surface area contributed by atoms with E-state index >= 15 is 0 Å². The van der Waals surface area contributed by atoms with Crippen molar-refractivity contribution in [3.05, 3.63) is 35.4 Å². The predicted molar refractivity (Wildman–Crippen MR) is 80.8 cm³/mol. The Kier molecular flexibility index (Phi) is 5.36. The molecule has 0 aromatic heterocycles. The number of halogens is 2. The van der Waals surface area contributed by atoms with Crippen LogP contribution < -0.4 is 5.32 Å². The largest absolute Gasteiger partial charge is 0.379 e. The number of rotatable bonds is 4. The van der Waals surface area contributed by atoms with Gasteiger partial charge >= 0.3 is 0 Å². The fraction of sp³-hybridized carbons (Fsp3) is 0.625. The molecule has 0 aliphatic carbocycles. The topological polar surface area (TPSA) is 27.7 Å². The summed E-state index contributed by atoms with van der Waals surface area (Å²) in [7, 11) is 0. The van der Waals surface area contributed by atoms with E-state index in [1.807, 2.05) is 0 Å². The van der Waals surface area contributed by atoms with Crippen molar-refractivity contribution in [1.82, 2.24) is 15.1 Å². The molecule has 1 unspecified atom stereocenters. The molecule has 1 aromatic carbocycles. The molecule has 2 aliphatic heterocycles. The first-order chi connectivity index (χ1) is 10.7. The zero-order valence-corrected chi connectivity index (χ0v) is 12.7. The van der Waals surface area contributed by atoms with E-state index in [4.69, 9.17) is 4.74 Å². The first kappa shape index (κ1) is 15.8. The van der Waals surface area contributed by atoms with Gasteiger partial charge in [0, 0.05) is 51.4 Å². The van der Waals surface area contributed by atoms with E-state index in [1.165, 1.54) is 18.2 Å². The van der Waals surface area contributed by atoms with Crippen LogP contribution in [0.25, 0.3) is 0 Å². The predicted octanol–water partition coefficient (Wildman–Crippen LogP) is 1.24. The van der Waals surface area contributed by atoms with Crippen LogP contribution >= 0.6 is 0 Å². The minimum Gasteiger partial charge on any atom is -0.379 e. The monoisotopic (exact) mass is 311 g/mol. The lowest BCUT2D eigenvalue weighted by Gasteiger charge is -2.39. The maximum Gasteiger partial charge on any atom is 0.128 e. The van der Waals surface area contributed by atoms with E-state index in [-0.39, 0.29) is 17.7 Å². The summed E-state index contributed by atoms with van der Waals surface area (Å²) >= 11 is 0. The van der Waals surface area contributed by atoms with Crippen LogP contribution in [0.15, 0.2) is 18.2 Å². The summed E-state index contributed by atoms with van der Waals surface area (Å²) in [4.78, 5) is 4.53. The standard InChI is InChI=1S/C16H23F2N3O/c17-13-1-2-15(18)14(11-13)16(21-7-9-22-10-8-21)12-20-5-3-19-4-6-20/h1-2,11,16,19H,3-10,12H2. The average Bonchev–Trinajstić information content (AvgIpc) is 2.57. The van der Waals surface area contributed by atoms with Gasteiger partial charge in [-0.1, -0.05) is 0 Å². The molecular formula is C16H23F2N3O. The number of nitrogens with one attached hydrogen (secondary N) is 1. The van der Waals surface area contributed by atoms with Gasteiger partial charge in [0.25, 0.3) is 0 Å². The highest BCUT2D eigenvalue weighted by molar-refractivity contribution is 5.23. The molecule has 1 aromatic rings. The minimum atomic E-state index is -0.380. The molecule has 0 radical (unpaired) electrons. The van der Waals surface area contributed by atoms with Crippen LogP contribution in [0, 0.1) is 11.6 Å². The normalized spacial score (nSPS) is 22.6. The molecule has 6 heteroatoms. The Balaban J connectivity index is 1.82. The third-order valence-corrected chi connectivity index (χ3v) is 4.44. The van der Waals surface area contributed by atoms with Crippen molar-refractivity contribution in [2.75, 3.05) is 59.0 Å². The maximum absolute atomic E-state index is 14.3. The molecule has 0 spiro atoms. The van der Waals surface area contributed by atoms with Gasteiger partial charge in [-0.2, -0.15) is 0 Å². The van der Waals surface area contributed by atoms with Gasteiger partial charge in [-0.3, -0.25) is 9.80 Å². The van der Waals surface area contributed by atoms with Crippen molar-refractivity contribution in [2.45, 2.75) is 6.04 Å². The third kappa shape index (κ3) is 3.81. The SMILES string of the molecule is Fc1ccc(F)c(C(CN2CCNCC2)N2CCOCC2)c1. The highest BCUT2D eigenvalue weighted by Crippen LogP contribution is 2.26. The van der Waals surface area contributed by atoms with E-state index in [9.17, 15) is 8.78 Å². The summed E-state index contributed by atoms with van der Waals surface area (Å²) in [5, 5.41) is 3.32. The van der Waals surface area contributed by atoms with Crippen LogP contribution in [0.4, 0.5) is 8.78 Å². The van der Waals surface area contributed by atoms with Crippen molar-refractivity contribution >= 4 is 0 Å². The van der Waals surface area contributed by atoms with Crippen molar-refractivity contribution in [1.29, 1.82) is 0 Å². The molecule has 0 bridgehead atoms. The minimum absolute atomic E-state index is 0.127. The van der Waals surface area contributed by atoms with E-state index < -0.39 is 0 Å². The molecule has 122 valence electrons. The molecular weight excluding hydrogens is 288 g/mol. The summed E-state index contributed by atoms with van der Waals surface area (Å²) in [5.41, 5.74) is 0.459. The van der Waals surface area contributed by atoms with Crippen LogP contribution in [-0.2, 0) is 4.74 Å². The molecule has 2 aliphatic rings. The Morgan fingerprint density at radius 2 is 1.82 bits per heavy atom. The van der Waals surface area contributed by atoms with Crippen LogP contribution in [-0.4, -0.2) is 68.8 Å². The van der Waals surface area contributed by atoms with Crippen LogP contribution in [0.1, 0.15) is 11.6 Å². The van der Waals surface area contributed by atoms with E-state index in [0.717, 1.165) is 45.8 Å². The quantitative estimate of drug-likeness (QED) is 0.905. The summed E-state index contributed by atoms with van der Waals surface area (Å²) < 4.78 is 33.3. The first-order valence-corrected chi connectivity index (χ1v) is 7.94. The van der Waals surface area contributed by atoms with Crippen molar-refractivity contribution in [2.24, 2.45) is 0 Å². The molecule has 1 N–H and O–H groups in total. The van der Waals surface area contributed by atoms with Crippen LogP contribution in [0.3, 0.4) is 0 Å². The Labute approximate surface area is 130 Å². The van der Waals surface area contributed by atoms with E-state index in [1.54, 1.807) is 0 Å². The number of ether oxygens (including phenoxy) is 1. The molecule has 2 saturated heterocycles. The van der Waals surface area contributed by atoms with Gasteiger partial charge in [0.15, 0.2) is 0 Å². The lowest BCUT2D eigenvalue weighted by Crippen LogP contribution is -2.49. The zero-order valence-electron chi connectivity index (χ0n) is 12.7. The van der Waals surface area contributed by atoms with Gasteiger partial charge in [0.2, 0.25) is 0 Å². The second-order valence-electron chi connectivity index (χ2n) is 5.88. The van der Waals surface area contributed by atoms with Gasteiger partial charge in [0.05, 0.1) is 19.3 Å². The van der Waals surface area contributed by atoms with E-state index in [2.05, 4.69) is 15.1 Å². The van der Waals surface area contributed by atoms with Crippen molar-refractivity contribution in [3.8, 4) is 0 Å². The molecule has 4 nitrogen and oxygen atoms in total. The van der Waals surface area contributed by atoms with Crippen molar-refractivity contribution in [3.63, 3.8) is 0 Å². The average molecular weight is 311 g/mol. The number of benzene rings is 1. The molecule has 2 heterocycles. The molecule has 0 amide bonds. The summed E-state index contributed by atoms with van der Waals surface area (Å²) in [6, 6.07) is 3.63. The van der Waals surface area contributed by atoms with Gasteiger partial charge in [0.1, 0.15) is 11.6 Å². The molecule has 1 atom stereocenters. The third-order valence-electron chi connectivity index (χ3n) is 4.44. The first-order valence-electron chi connectivity index (χ1n) is 7.94. The Morgan fingerprint density at radius 3 is 2.55 bits per heavy atom. The molecule has 0 saturated carbocycles. The van der Waals surface area contributed by atoms with Gasteiger partial charge in [-0.05, 0) is 18.2 Å². The lowest BCUT2D eigenvalue weighted by molar-refractivity contribution is 0.00581. The van der Waals surface area contributed by atoms with Crippen LogP contribution in [0.5, 0.6) is 0 Å². The number of nitrogens with zero attached hydrogens (tertiary/aromatic N) is 2. The Hall–Kier alpha value is -1.08. The smallest absolute Gasteiger partial charge is 0.128 e. The Morgan fingerprint density at radius 1 is 1.09 bits per heavy atom. The van der Waals surface area contributed by atoms with Gasteiger partial charge < -0.3 is 10.1 Å². The summed E-state index contributed by atoms with van der Waals surface area (Å²) in [6.45, 7) is 7.31. The Bertz CT molecular complexity index is 488. The van der Waals surface area contributed by atoms with Crippen LogP contribution in [0.2, 0.25) is 0 Å². The molecule has 22 heavy (non-hydrogen) atoms.